The molecule has 0 spiro atoms. The summed E-state index contributed by atoms with van der Waals surface area (Å²) in [5, 5.41) is 12.4. The summed E-state index contributed by atoms with van der Waals surface area (Å²) in [6, 6.07) is 7.54. The maximum atomic E-state index is 11.9. The highest BCUT2D eigenvalue weighted by molar-refractivity contribution is 5.94. The third-order valence-corrected chi connectivity index (χ3v) is 2.96. The van der Waals surface area contributed by atoms with Gasteiger partial charge >= 0.3 is 0 Å². The van der Waals surface area contributed by atoms with Crippen molar-refractivity contribution >= 4 is 5.91 Å². The second-order valence-electron chi connectivity index (χ2n) is 5.46. The predicted octanol–water partition coefficient (Wildman–Crippen LogP) is 1.49. The summed E-state index contributed by atoms with van der Waals surface area (Å²) < 4.78 is 0. The molecule has 1 atom stereocenters. The van der Waals surface area contributed by atoms with E-state index in [0.717, 1.165) is 6.54 Å². The Hall–Kier alpha value is -1.39. The number of aliphatic hydroxyl groups is 1. The molecule has 1 rings (SSSR count). The first-order valence-electron chi connectivity index (χ1n) is 6.60. The molecule has 0 aliphatic rings. The Balaban J connectivity index is 2.53. The predicted molar refractivity (Wildman–Crippen MR) is 77.0 cm³/mol. The van der Waals surface area contributed by atoms with Gasteiger partial charge in [-0.2, -0.15) is 0 Å². The number of rotatable bonds is 6. The number of nitrogens with one attached hydrogen (secondary N) is 1. The van der Waals surface area contributed by atoms with Crippen LogP contribution in [0.3, 0.4) is 0 Å². The first-order chi connectivity index (χ1) is 8.90. The zero-order valence-electron chi connectivity index (χ0n) is 12.2. The minimum atomic E-state index is -0.503. The van der Waals surface area contributed by atoms with Crippen LogP contribution in [-0.4, -0.2) is 42.7 Å². The van der Waals surface area contributed by atoms with E-state index in [1.54, 1.807) is 0 Å². The molecule has 0 aliphatic carbocycles. The molecule has 19 heavy (non-hydrogen) atoms. The average molecular weight is 264 g/mol. The van der Waals surface area contributed by atoms with Crippen LogP contribution in [0, 0.1) is 5.92 Å². The number of carbonyl (C=O) groups excluding carboxylic acids is 1. The number of benzene rings is 1. The third kappa shape index (κ3) is 5.41. The highest BCUT2D eigenvalue weighted by Gasteiger charge is 2.11. The fraction of sp³-hybridized carbons (Fsp3) is 0.533. The van der Waals surface area contributed by atoms with E-state index in [-0.39, 0.29) is 18.4 Å². The smallest absolute Gasteiger partial charge is 0.251 e. The number of amides is 1. The first-order valence-corrected chi connectivity index (χ1v) is 6.60. The van der Waals surface area contributed by atoms with Crippen LogP contribution in [0.5, 0.6) is 0 Å². The first kappa shape index (κ1) is 15.7. The average Bonchev–Trinajstić information content (AvgIpc) is 2.35. The molecule has 0 heterocycles. The molecule has 4 heteroatoms. The van der Waals surface area contributed by atoms with Crippen LogP contribution in [0.15, 0.2) is 24.3 Å². The van der Waals surface area contributed by atoms with E-state index in [2.05, 4.69) is 10.2 Å². The maximum Gasteiger partial charge on any atom is 0.251 e. The monoisotopic (exact) mass is 264 g/mol. The lowest BCUT2D eigenvalue weighted by Crippen LogP contribution is -2.34. The van der Waals surface area contributed by atoms with E-state index >= 15 is 0 Å². The van der Waals surface area contributed by atoms with Crippen LogP contribution in [0.2, 0.25) is 0 Å². The van der Waals surface area contributed by atoms with E-state index in [4.69, 9.17) is 0 Å². The van der Waals surface area contributed by atoms with Crippen LogP contribution in [0.25, 0.3) is 0 Å². The molecule has 0 aromatic heterocycles. The van der Waals surface area contributed by atoms with Crippen molar-refractivity contribution in [2.75, 3.05) is 20.6 Å². The Morgan fingerprint density at radius 2 is 1.84 bits per heavy atom. The number of hydrogen-bond donors (Lipinski definition) is 2. The van der Waals surface area contributed by atoms with Crippen molar-refractivity contribution in [2.45, 2.75) is 26.5 Å². The molecule has 0 fully saturated rings. The molecule has 2 N–H and O–H groups in total. The molecular formula is C15H24N2O2. The minimum Gasteiger partial charge on any atom is -0.391 e. The van der Waals surface area contributed by atoms with Crippen molar-refractivity contribution in [2.24, 2.45) is 5.92 Å². The highest BCUT2D eigenvalue weighted by Crippen LogP contribution is 2.06. The third-order valence-electron chi connectivity index (χ3n) is 2.96. The van der Waals surface area contributed by atoms with Gasteiger partial charge in [-0.05, 0) is 37.7 Å². The lowest BCUT2D eigenvalue weighted by atomic mass is 10.1. The summed E-state index contributed by atoms with van der Waals surface area (Å²) in [5.41, 5.74) is 1.79. The van der Waals surface area contributed by atoms with Crippen LogP contribution in [-0.2, 0) is 6.54 Å². The zero-order valence-corrected chi connectivity index (χ0v) is 12.2. The van der Waals surface area contributed by atoms with Crippen LogP contribution < -0.4 is 5.32 Å². The van der Waals surface area contributed by atoms with E-state index in [1.807, 2.05) is 52.2 Å². The standard InChI is InChI=1S/C15H24N2O2/c1-11(2)14(18)9-16-15(19)13-7-5-12(6-8-13)10-17(3)4/h5-8,11,14,18H,9-10H2,1-4H3,(H,16,19). The second kappa shape index (κ2) is 7.26. The Labute approximate surface area is 115 Å². The molecule has 0 saturated carbocycles. The summed E-state index contributed by atoms with van der Waals surface area (Å²) in [4.78, 5) is 14.0. The quantitative estimate of drug-likeness (QED) is 0.818. The van der Waals surface area contributed by atoms with Gasteiger partial charge in [0.05, 0.1) is 6.10 Å². The normalized spacial score (nSPS) is 12.8. The molecule has 0 saturated heterocycles. The zero-order chi connectivity index (χ0) is 14.4. The summed E-state index contributed by atoms with van der Waals surface area (Å²) in [5.74, 6) is -0.00105. The topological polar surface area (TPSA) is 52.6 Å². The SMILES string of the molecule is CC(C)C(O)CNC(=O)c1ccc(CN(C)C)cc1. The molecule has 1 aromatic rings. The van der Waals surface area contributed by atoms with Gasteiger partial charge in [0.1, 0.15) is 0 Å². The minimum absolute atomic E-state index is 0.141. The van der Waals surface area contributed by atoms with Crippen molar-refractivity contribution in [3.8, 4) is 0 Å². The lowest BCUT2D eigenvalue weighted by molar-refractivity contribution is 0.0871. The van der Waals surface area contributed by atoms with E-state index in [1.165, 1.54) is 5.56 Å². The fourth-order valence-corrected chi connectivity index (χ4v) is 1.66. The van der Waals surface area contributed by atoms with Crippen LogP contribution in [0.4, 0.5) is 0 Å². The van der Waals surface area contributed by atoms with Gasteiger partial charge in [-0.15, -0.1) is 0 Å². The molecule has 1 aromatic carbocycles. The van der Waals surface area contributed by atoms with Crippen molar-refractivity contribution in [1.82, 2.24) is 10.2 Å². The summed E-state index contributed by atoms with van der Waals surface area (Å²) in [7, 11) is 4.02. The van der Waals surface area contributed by atoms with Crippen LogP contribution in [0.1, 0.15) is 29.8 Å². The Bertz CT molecular complexity index is 399. The van der Waals surface area contributed by atoms with E-state index < -0.39 is 6.10 Å². The summed E-state index contributed by atoms with van der Waals surface area (Å²) >= 11 is 0. The highest BCUT2D eigenvalue weighted by atomic mass is 16.3. The Kier molecular flexibility index (Phi) is 5.99. The van der Waals surface area contributed by atoms with Gasteiger partial charge in [-0.3, -0.25) is 4.79 Å². The van der Waals surface area contributed by atoms with Gasteiger partial charge in [0.15, 0.2) is 0 Å². The summed E-state index contributed by atoms with van der Waals surface area (Å²) in [6.45, 7) is 4.99. The lowest BCUT2D eigenvalue weighted by Gasteiger charge is -2.15. The number of nitrogens with zero attached hydrogens (tertiary/aromatic N) is 1. The number of aliphatic hydroxyl groups excluding tert-OH is 1. The maximum absolute atomic E-state index is 11.9. The van der Waals surface area contributed by atoms with Crippen molar-refractivity contribution in [3.05, 3.63) is 35.4 Å². The second-order valence-corrected chi connectivity index (χ2v) is 5.46. The molecular weight excluding hydrogens is 240 g/mol. The van der Waals surface area contributed by atoms with Gasteiger partial charge in [0.2, 0.25) is 0 Å². The fourth-order valence-electron chi connectivity index (χ4n) is 1.66. The molecule has 4 nitrogen and oxygen atoms in total. The van der Waals surface area contributed by atoms with E-state index in [9.17, 15) is 9.90 Å². The van der Waals surface area contributed by atoms with E-state index in [0.29, 0.717) is 5.56 Å². The van der Waals surface area contributed by atoms with Crippen molar-refractivity contribution in [1.29, 1.82) is 0 Å². The largest absolute Gasteiger partial charge is 0.391 e. The molecule has 0 radical (unpaired) electrons. The van der Waals surface area contributed by atoms with Crippen LogP contribution >= 0.6 is 0 Å². The van der Waals surface area contributed by atoms with Gasteiger partial charge in [0.25, 0.3) is 5.91 Å². The number of hydrogen-bond acceptors (Lipinski definition) is 3. The van der Waals surface area contributed by atoms with Gasteiger partial charge in [-0.25, -0.2) is 0 Å². The molecule has 1 unspecified atom stereocenters. The molecule has 0 aliphatic heterocycles. The Morgan fingerprint density at radius 1 is 1.26 bits per heavy atom. The van der Waals surface area contributed by atoms with Gasteiger partial charge in [-0.1, -0.05) is 26.0 Å². The van der Waals surface area contributed by atoms with Crippen molar-refractivity contribution in [3.63, 3.8) is 0 Å². The van der Waals surface area contributed by atoms with Crippen molar-refractivity contribution < 1.29 is 9.90 Å². The van der Waals surface area contributed by atoms with Gasteiger partial charge < -0.3 is 15.3 Å². The Morgan fingerprint density at radius 3 is 2.32 bits per heavy atom. The molecule has 0 bridgehead atoms. The molecule has 1 amide bonds. The summed E-state index contributed by atoms with van der Waals surface area (Å²) in [6.07, 6.45) is -0.503. The molecule has 106 valence electrons. The van der Waals surface area contributed by atoms with Gasteiger partial charge in [0, 0.05) is 18.7 Å². The number of carbonyl (C=O) groups is 1.